The molecule has 0 aliphatic carbocycles. The largest absolute Gasteiger partial charge is 0.469 e. The second kappa shape index (κ2) is 10.8. The van der Waals surface area contributed by atoms with Crippen LogP contribution in [0.25, 0.3) is 0 Å². The Morgan fingerprint density at radius 1 is 1.17 bits per heavy atom. The summed E-state index contributed by atoms with van der Waals surface area (Å²) in [7, 11) is 0. The molecule has 1 aromatic carbocycles. The van der Waals surface area contributed by atoms with E-state index in [-0.39, 0.29) is 0 Å². The number of hydrogen-bond donors (Lipinski definition) is 3. The number of aliphatic hydroxyl groups excluding tert-OH is 1. The first-order valence-corrected chi connectivity index (χ1v) is 9.45. The quantitative estimate of drug-likeness (QED) is 0.369. The van der Waals surface area contributed by atoms with Crippen LogP contribution in [-0.2, 0) is 6.42 Å². The van der Waals surface area contributed by atoms with E-state index in [0.717, 1.165) is 36.6 Å². The highest BCUT2D eigenvalue weighted by Gasteiger charge is 2.07. The lowest BCUT2D eigenvalue weighted by Crippen LogP contribution is -2.39. The standard InChI is InChI=1S/C18H25N3O2S/c1-24-13-11-20-18(19-10-9-16-8-5-12-23-16)21-14-17(22)15-6-3-2-4-7-15/h2-8,12,17,22H,9-11,13-14H2,1H3,(H2,19,20,21). The molecule has 1 unspecified atom stereocenters. The summed E-state index contributed by atoms with van der Waals surface area (Å²) in [4.78, 5) is 4.50. The molecule has 1 aromatic heterocycles. The Balaban J connectivity index is 1.85. The van der Waals surface area contributed by atoms with Crippen molar-refractivity contribution in [3.05, 3.63) is 60.1 Å². The van der Waals surface area contributed by atoms with Gasteiger partial charge < -0.3 is 20.2 Å². The normalized spacial score (nSPS) is 12.8. The van der Waals surface area contributed by atoms with E-state index in [1.807, 2.05) is 42.5 Å². The van der Waals surface area contributed by atoms with Gasteiger partial charge in [-0.2, -0.15) is 11.8 Å². The SMILES string of the molecule is CSCCNC(=NCC(O)c1ccccc1)NCCc1ccco1. The number of hydrogen-bond acceptors (Lipinski definition) is 4. The summed E-state index contributed by atoms with van der Waals surface area (Å²) in [5.41, 5.74) is 0.875. The summed E-state index contributed by atoms with van der Waals surface area (Å²) in [6.07, 6.45) is 3.94. The van der Waals surface area contributed by atoms with Gasteiger partial charge in [0, 0.05) is 25.3 Å². The van der Waals surface area contributed by atoms with Crippen LogP contribution in [-0.4, -0.2) is 42.7 Å². The van der Waals surface area contributed by atoms with E-state index in [1.54, 1.807) is 18.0 Å². The summed E-state index contributed by atoms with van der Waals surface area (Å²) in [6.45, 7) is 1.87. The first-order chi connectivity index (χ1) is 11.8. The predicted octanol–water partition coefficient (Wildman–Crippen LogP) is 2.45. The van der Waals surface area contributed by atoms with Crippen molar-refractivity contribution >= 4 is 17.7 Å². The number of aliphatic imine (C=N–C) groups is 1. The van der Waals surface area contributed by atoms with E-state index in [1.165, 1.54) is 0 Å². The molecule has 24 heavy (non-hydrogen) atoms. The molecule has 3 N–H and O–H groups in total. The van der Waals surface area contributed by atoms with Crippen molar-refractivity contribution in [1.82, 2.24) is 10.6 Å². The van der Waals surface area contributed by atoms with Crippen molar-refractivity contribution in [2.75, 3.05) is 31.6 Å². The summed E-state index contributed by atoms with van der Waals surface area (Å²) in [5, 5.41) is 16.8. The van der Waals surface area contributed by atoms with Crippen LogP contribution >= 0.6 is 11.8 Å². The molecule has 130 valence electrons. The molecule has 0 amide bonds. The molecule has 0 spiro atoms. The Bertz CT molecular complexity index is 588. The third-order valence-corrected chi connectivity index (χ3v) is 4.06. The Morgan fingerprint density at radius 2 is 1.96 bits per heavy atom. The Morgan fingerprint density at radius 3 is 2.67 bits per heavy atom. The number of furan rings is 1. The highest BCUT2D eigenvalue weighted by atomic mass is 32.2. The number of aliphatic hydroxyl groups is 1. The van der Waals surface area contributed by atoms with Crippen LogP contribution in [0, 0.1) is 0 Å². The Hall–Kier alpha value is -1.92. The Labute approximate surface area is 147 Å². The number of nitrogens with zero attached hydrogens (tertiary/aromatic N) is 1. The number of nitrogens with one attached hydrogen (secondary N) is 2. The first kappa shape index (κ1) is 18.4. The van der Waals surface area contributed by atoms with Crippen LogP contribution < -0.4 is 10.6 Å². The van der Waals surface area contributed by atoms with Crippen LogP contribution in [0.2, 0.25) is 0 Å². The zero-order valence-electron chi connectivity index (χ0n) is 13.9. The van der Waals surface area contributed by atoms with Crippen molar-refractivity contribution in [2.45, 2.75) is 12.5 Å². The molecule has 2 aromatic rings. The second-order valence-corrected chi connectivity index (χ2v) is 6.28. The molecule has 1 atom stereocenters. The van der Waals surface area contributed by atoms with E-state index in [0.29, 0.717) is 12.5 Å². The van der Waals surface area contributed by atoms with Gasteiger partial charge in [0.05, 0.1) is 18.9 Å². The van der Waals surface area contributed by atoms with E-state index >= 15 is 0 Å². The lowest BCUT2D eigenvalue weighted by atomic mass is 10.1. The van der Waals surface area contributed by atoms with Crippen LogP contribution in [0.1, 0.15) is 17.4 Å². The number of benzene rings is 1. The topological polar surface area (TPSA) is 69.8 Å². The first-order valence-electron chi connectivity index (χ1n) is 8.06. The van der Waals surface area contributed by atoms with Crippen molar-refractivity contribution in [3.63, 3.8) is 0 Å². The molecule has 0 bridgehead atoms. The maximum absolute atomic E-state index is 10.2. The van der Waals surface area contributed by atoms with Gasteiger partial charge in [0.1, 0.15) is 5.76 Å². The van der Waals surface area contributed by atoms with E-state index in [4.69, 9.17) is 4.42 Å². The fourth-order valence-corrected chi connectivity index (χ4v) is 2.47. The van der Waals surface area contributed by atoms with Gasteiger partial charge in [-0.15, -0.1) is 0 Å². The van der Waals surface area contributed by atoms with Crippen molar-refractivity contribution in [2.24, 2.45) is 4.99 Å². The molecule has 1 heterocycles. The fraction of sp³-hybridized carbons (Fsp3) is 0.389. The summed E-state index contributed by atoms with van der Waals surface area (Å²) in [6, 6.07) is 13.4. The lowest BCUT2D eigenvalue weighted by Gasteiger charge is -2.14. The van der Waals surface area contributed by atoms with E-state index < -0.39 is 6.10 Å². The highest BCUT2D eigenvalue weighted by molar-refractivity contribution is 7.98. The fourth-order valence-electron chi connectivity index (χ4n) is 2.16. The molecular formula is C18H25N3O2S. The lowest BCUT2D eigenvalue weighted by molar-refractivity contribution is 0.187. The van der Waals surface area contributed by atoms with E-state index in [2.05, 4.69) is 21.9 Å². The molecule has 5 nitrogen and oxygen atoms in total. The molecule has 2 rings (SSSR count). The maximum Gasteiger partial charge on any atom is 0.191 e. The molecule has 0 saturated carbocycles. The van der Waals surface area contributed by atoms with Gasteiger partial charge in [-0.1, -0.05) is 30.3 Å². The molecule has 0 radical (unpaired) electrons. The molecule has 0 fully saturated rings. The summed E-state index contributed by atoms with van der Waals surface area (Å²) >= 11 is 1.78. The minimum Gasteiger partial charge on any atom is -0.469 e. The zero-order valence-corrected chi connectivity index (χ0v) is 14.8. The van der Waals surface area contributed by atoms with Crippen molar-refractivity contribution < 1.29 is 9.52 Å². The predicted molar refractivity (Wildman–Crippen MR) is 101 cm³/mol. The van der Waals surface area contributed by atoms with Gasteiger partial charge in [0.2, 0.25) is 0 Å². The maximum atomic E-state index is 10.2. The summed E-state index contributed by atoms with van der Waals surface area (Å²) < 4.78 is 5.33. The monoisotopic (exact) mass is 347 g/mol. The molecule has 0 saturated heterocycles. The molecular weight excluding hydrogens is 322 g/mol. The molecule has 0 aliphatic heterocycles. The minimum absolute atomic E-state index is 0.319. The van der Waals surface area contributed by atoms with Gasteiger partial charge in [-0.05, 0) is 24.0 Å². The molecule has 6 heteroatoms. The highest BCUT2D eigenvalue weighted by Crippen LogP contribution is 2.11. The van der Waals surface area contributed by atoms with Gasteiger partial charge in [-0.3, -0.25) is 4.99 Å². The van der Waals surface area contributed by atoms with Crippen LogP contribution in [0.5, 0.6) is 0 Å². The molecule has 0 aliphatic rings. The van der Waals surface area contributed by atoms with Gasteiger partial charge >= 0.3 is 0 Å². The smallest absolute Gasteiger partial charge is 0.191 e. The van der Waals surface area contributed by atoms with Gasteiger partial charge in [0.25, 0.3) is 0 Å². The van der Waals surface area contributed by atoms with Crippen LogP contribution in [0.4, 0.5) is 0 Å². The number of guanidine groups is 1. The average molecular weight is 347 g/mol. The van der Waals surface area contributed by atoms with Gasteiger partial charge in [0.15, 0.2) is 5.96 Å². The van der Waals surface area contributed by atoms with E-state index in [9.17, 15) is 5.11 Å². The minimum atomic E-state index is -0.601. The third-order valence-electron chi connectivity index (χ3n) is 3.45. The average Bonchev–Trinajstić information content (AvgIpc) is 3.13. The van der Waals surface area contributed by atoms with Crippen molar-refractivity contribution in [3.8, 4) is 0 Å². The second-order valence-electron chi connectivity index (χ2n) is 5.29. The van der Waals surface area contributed by atoms with Gasteiger partial charge in [-0.25, -0.2) is 0 Å². The Kier molecular flexibility index (Phi) is 8.27. The summed E-state index contributed by atoms with van der Waals surface area (Å²) in [5.74, 6) is 2.65. The van der Waals surface area contributed by atoms with Crippen molar-refractivity contribution in [1.29, 1.82) is 0 Å². The number of thioether (sulfide) groups is 1. The van der Waals surface area contributed by atoms with Crippen LogP contribution in [0.3, 0.4) is 0 Å². The number of rotatable bonds is 9. The zero-order chi connectivity index (χ0) is 17.0. The van der Waals surface area contributed by atoms with Crippen LogP contribution in [0.15, 0.2) is 58.1 Å². The third kappa shape index (κ3) is 6.68.